The van der Waals surface area contributed by atoms with E-state index in [9.17, 15) is 4.79 Å². The molecule has 4 nitrogen and oxygen atoms in total. The summed E-state index contributed by atoms with van der Waals surface area (Å²) in [7, 11) is 0. The highest BCUT2D eigenvalue weighted by Crippen LogP contribution is 2.35. The zero-order valence-corrected chi connectivity index (χ0v) is 11.3. The fourth-order valence-electron chi connectivity index (χ4n) is 1.87. The van der Waals surface area contributed by atoms with E-state index in [1.54, 1.807) is 6.08 Å². The van der Waals surface area contributed by atoms with E-state index in [1.165, 1.54) is 0 Å². The molecular weight excluding hydrogens is 244 g/mol. The van der Waals surface area contributed by atoms with Gasteiger partial charge in [-0.1, -0.05) is 18.7 Å². The third-order valence-corrected chi connectivity index (χ3v) is 3.11. The standard InChI is InChI=1S/C15H18O4/c1-4-7-19-14(16)15(2,3)11-5-6-12-13(10-11)18-9-8-17-12/h4-6,10H,1,7-9H2,2-3H3. The second-order valence-corrected chi connectivity index (χ2v) is 4.87. The van der Waals surface area contributed by atoms with Crippen LogP contribution < -0.4 is 9.47 Å². The molecule has 1 aromatic rings. The fraction of sp³-hybridized carbons (Fsp3) is 0.400. The van der Waals surface area contributed by atoms with E-state index < -0.39 is 5.41 Å². The molecule has 1 aliphatic rings. The summed E-state index contributed by atoms with van der Waals surface area (Å²) in [4.78, 5) is 12.1. The molecule has 0 amide bonds. The molecule has 0 atom stereocenters. The Kier molecular flexibility index (Phi) is 3.79. The van der Waals surface area contributed by atoms with Gasteiger partial charge in [-0.25, -0.2) is 0 Å². The van der Waals surface area contributed by atoms with Gasteiger partial charge in [-0.2, -0.15) is 0 Å². The summed E-state index contributed by atoms with van der Waals surface area (Å²) in [5.41, 5.74) is 0.101. The zero-order valence-electron chi connectivity index (χ0n) is 11.3. The molecule has 0 unspecified atom stereocenters. The fourth-order valence-corrected chi connectivity index (χ4v) is 1.87. The maximum absolute atomic E-state index is 12.1. The quantitative estimate of drug-likeness (QED) is 0.617. The third kappa shape index (κ3) is 2.72. The molecule has 0 spiro atoms. The minimum atomic E-state index is -0.737. The van der Waals surface area contributed by atoms with Crippen molar-refractivity contribution in [3.8, 4) is 11.5 Å². The van der Waals surface area contributed by atoms with Gasteiger partial charge in [0.2, 0.25) is 0 Å². The molecule has 19 heavy (non-hydrogen) atoms. The molecule has 0 saturated carbocycles. The van der Waals surface area contributed by atoms with E-state index in [0.717, 1.165) is 5.56 Å². The topological polar surface area (TPSA) is 44.8 Å². The second-order valence-electron chi connectivity index (χ2n) is 4.87. The monoisotopic (exact) mass is 262 g/mol. The van der Waals surface area contributed by atoms with Gasteiger partial charge < -0.3 is 14.2 Å². The average Bonchev–Trinajstić information content (AvgIpc) is 2.44. The summed E-state index contributed by atoms with van der Waals surface area (Å²) in [6.07, 6.45) is 1.55. The molecule has 0 bridgehead atoms. The first-order valence-corrected chi connectivity index (χ1v) is 6.24. The summed E-state index contributed by atoms with van der Waals surface area (Å²) in [5.74, 6) is 1.10. The van der Waals surface area contributed by atoms with E-state index in [-0.39, 0.29) is 12.6 Å². The van der Waals surface area contributed by atoms with Gasteiger partial charge in [0.25, 0.3) is 0 Å². The van der Waals surface area contributed by atoms with E-state index in [2.05, 4.69) is 6.58 Å². The minimum Gasteiger partial charge on any atom is -0.486 e. The van der Waals surface area contributed by atoms with Crippen LogP contribution >= 0.6 is 0 Å². The molecule has 102 valence electrons. The lowest BCUT2D eigenvalue weighted by Crippen LogP contribution is -2.31. The lowest BCUT2D eigenvalue weighted by molar-refractivity contribution is -0.148. The number of hydrogen-bond acceptors (Lipinski definition) is 4. The summed E-state index contributed by atoms with van der Waals surface area (Å²) in [6, 6.07) is 5.53. The van der Waals surface area contributed by atoms with E-state index in [4.69, 9.17) is 14.2 Å². The summed E-state index contributed by atoms with van der Waals surface area (Å²) in [5, 5.41) is 0. The SMILES string of the molecule is C=CCOC(=O)C(C)(C)c1ccc2c(c1)OCCO2. The highest BCUT2D eigenvalue weighted by Gasteiger charge is 2.32. The van der Waals surface area contributed by atoms with Gasteiger partial charge in [-0.3, -0.25) is 4.79 Å². The molecule has 0 radical (unpaired) electrons. The molecule has 0 saturated heterocycles. The number of benzene rings is 1. The van der Waals surface area contributed by atoms with Crippen molar-refractivity contribution >= 4 is 5.97 Å². The molecular formula is C15H18O4. The van der Waals surface area contributed by atoms with Crippen molar-refractivity contribution in [3.63, 3.8) is 0 Å². The molecule has 0 aliphatic carbocycles. The number of hydrogen-bond donors (Lipinski definition) is 0. The van der Waals surface area contributed by atoms with Crippen LogP contribution in [0, 0.1) is 0 Å². The Bertz CT molecular complexity index is 491. The Hall–Kier alpha value is -1.97. The van der Waals surface area contributed by atoms with Crippen molar-refractivity contribution < 1.29 is 19.0 Å². The van der Waals surface area contributed by atoms with E-state index in [1.807, 2.05) is 32.0 Å². The number of carbonyl (C=O) groups excluding carboxylic acids is 1. The molecule has 1 heterocycles. The summed E-state index contributed by atoms with van der Waals surface area (Å²) >= 11 is 0. The number of ether oxygens (including phenoxy) is 3. The average molecular weight is 262 g/mol. The Morgan fingerprint density at radius 1 is 1.37 bits per heavy atom. The Balaban J connectivity index is 2.24. The van der Waals surface area contributed by atoms with Gasteiger partial charge >= 0.3 is 5.97 Å². The first-order valence-electron chi connectivity index (χ1n) is 6.24. The highest BCUT2D eigenvalue weighted by molar-refractivity contribution is 5.82. The first-order chi connectivity index (χ1) is 9.05. The second kappa shape index (κ2) is 5.34. The van der Waals surface area contributed by atoms with Gasteiger partial charge in [0.05, 0.1) is 5.41 Å². The largest absolute Gasteiger partial charge is 0.486 e. The maximum atomic E-state index is 12.1. The first kappa shape index (κ1) is 13.5. The van der Waals surface area contributed by atoms with Crippen LogP contribution in [0.15, 0.2) is 30.9 Å². The van der Waals surface area contributed by atoms with Gasteiger partial charge in [0.1, 0.15) is 19.8 Å². The van der Waals surface area contributed by atoms with E-state index >= 15 is 0 Å². The number of carbonyl (C=O) groups is 1. The van der Waals surface area contributed by atoms with Crippen LogP contribution in [-0.4, -0.2) is 25.8 Å². The number of fused-ring (bicyclic) bond motifs is 1. The van der Waals surface area contributed by atoms with Gasteiger partial charge in [-0.15, -0.1) is 0 Å². The summed E-state index contributed by atoms with van der Waals surface area (Å²) in [6.45, 7) is 8.47. The molecule has 1 aromatic carbocycles. The van der Waals surface area contributed by atoms with Crippen molar-refractivity contribution in [3.05, 3.63) is 36.4 Å². The van der Waals surface area contributed by atoms with Gasteiger partial charge in [0, 0.05) is 0 Å². The van der Waals surface area contributed by atoms with Gasteiger partial charge in [-0.05, 0) is 31.5 Å². The predicted molar refractivity (Wildman–Crippen MR) is 71.6 cm³/mol. The van der Waals surface area contributed by atoms with Crippen LogP contribution in [0.1, 0.15) is 19.4 Å². The number of esters is 1. The third-order valence-electron chi connectivity index (χ3n) is 3.11. The van der Waals surface area contributed by atoms with Crippen LogP contribution in [0.4, 0.5) is 0 Å². The van der Waals surface area contributed by atoms with Crippen molar-refractivity contribution in [2.75, 3.05) is 19.8 Å². The molecule has 0 aromatic heterocycles. The van der Waals surface area contributed by atoms with Crippen molar-refractivity contribution in [2.24, 2.45) is 0 Å². The molecule has 4 heteroatoms. The van der Waals surface area contributed by atoms with Gasteiger partial charge in [0.15, 0.2) is 11.5 Å². The molecule has 0 fully saturated rings. The summed E-state index contributed by atoms with van der Waals surface area (Å²) < 4.78 is 16.1. The van der Waals surface area contributed by atoms with Crippen molar-refractivity contribution in [1.82, 2.24) is 0 Å². The Morgan fingerprint density at radius 3 is 2.74 bits per heavy atom. The normalized spacial score (nSPS) is 13.8. The van der Waals surface area contributed by atoms with Crippen LogP contribution in [0.3, 0.4) is 0 Å². The minimum absolute atomic E-state index is 0.215. The molecule has 2 rings (SSSR count). The lowest BCUT2D eigenvalue weighted by atomic mass is 9.84. The maximum Gasteiger partial charge on any atom is 0.316 e. The Morgan fingerprint density at radius 2 is 2.05 bits per heavy atom. The van der Waals surface area contributed by atoms with Crippen molar-refractivity contribution in [1.29, 1.82) is 0 Å². The Labute approximate surface area is 113 Å². The van der Waals surface area contributed by atoms with Crippen LogP contribution in [0.5, 0.6) is 11.5 Å². The van der Waals surface area contributed by atoms with Crippen molar-refractivity contribution in [2.45, 2.75) is 19.3 Å². The van der Waals surface area contributed by atoms with Crippen LogP contribution in [-0.2, 0) is 14.9 Å². The molecule has 0 N–H and O–H groups in total. The number of rotatable bonds is 4. The predicted octanol–water partition coefficient (Wildman–Crippen LogP) is 2.46. The van der Waals surface area contributed by atoms with E-state index in [0.29, 0.717) is 24.7 Å². The van der Waals surface area contributed by atoms with Crippen LogP contribution in [0.25, 0.3) is 0 Å². The molecule has 1 aliphatic heterocycles. The smallest absolute Gasteiger partial charge is 0.316 e. The zero-order chi connectivity index (χ0) is 13.9. The lowest BCUT2D eigenvalue weighted by Gasteiger charge is -2.25. The highest BCUT2D eigenvalue weighted by atomic mass is 16.6. The van der Waals surface area contributed by atoms with Crippen LogP contribution in [0.2, 0.25) is 0 Å².